The number of carboxylic acids is 1. The van der Waals surface area contributed by atoms with Gasteiger partial charge in [0.2, 0.25) is 0 Å². The molecule has 7 heteroatoms. The number of methoxy groups -OCH3 is 1. The average Bonchev–Trinajstić information content (AvgIpc) is 2.80. The summed E-state index contributed by atoms with van der Waals surface area (Å²) in [7, 11) is 1.43. The Morgan fingerprint density at radius 3 is 1.97 bits per heavy atom. The molecule has 0 saturated heterocycles. The second-order valence-corrected chi connectivity index (χ2v) is 7.00. The van der Waals surface area contributed by atoms with Gasteiger partial charge in [-0.3, -0.25) is 4.79 Å². The molecular weight excluding hydrogens is 422 g/mol. The molecule has 0 fully saturated rings. The predicted octanol–water partition coefficient (Wildman–Crippen LogP) is 4.26. The lowest BCUT2D eigenvalue weighted by Gasteiger charge is -2.08. The number of aryl methyl sites for hydroxylation is 2. The summed E-state index contributed by atoms with van der Waals surface area (Å²) in [5.41, 5.74) is 8.28. The summed E-state index contributed by atoms with van der Waals surface area (Å²) in [6, 6.07) is 18.5. The van der Waals surface area contributed by atoms with Gasteiger partial charge in [0.25, 0.3) is 0 Å². The van der Waals surface area contributed by atoms with Crippen molar-refractivity contribution in [3.05, 3.63) is 83.4 Å². The Bertz CT molecular complexity index is 971. The fourth-order valence-electron chi connectivity index (χ4n) is 2.92. The normalized spacial score (nSPS) is 10.7. The first-order chi connectivity index (χ1) is 15.8. The topological polar surface area (TPSA) is 133 Å². The summed E-state index contributed by atoms with van der Waals surface area (Å²) in [4.78, 5) is 10.5. The van der Waals surface area contributed by atoms with Gasteiger partial charge in [0.05, 0.1) is 7.11 Å². The van der Waals surface area contributed by atoms with Crippen LogP contribution < -0.4 is 10.5 Å². The average molecular weight is 456 g/mol. The Kier molecular flexibility index (Phi) is 11.9. The van der Waals surface area contributed by atoms with E-state index in [0.717, 1.165) is 18.4 Å². The highest BCUT2D eigenvalue weighted by molar-refractivity contribution is 5.73. The summed E-state index contributed by atoms with van der Waals surface area (Å²) in [5, 5.41) is 36.6. The van der Waals surface area contributed by atoms with Crippen LogP contribution in [0.25, 0.3) is 0 Å². The maximum atomic E-state index is 10.5. The summed E-state index contributed by atoms with van der Waals surface area (Å²) in [6.45, 7) is 4.00. The molecule has 0 amide bonds. The van der Waals surface area contributed by atoms with Crippen LogP contribution in [0.2, 0.25) is 0 Å². The fourth-order valence-corrected chi connectivity index (χ4v) is 2.92. The van der Waals surface area contributed by atoms with Gasteiger partial charge in [-0.2, -0.15) is 0 Å². The smallest absolute Gasteiger partial charge is 0.320 e. The largest absolute Gasteiger partial charge is 0.508 e. The highest BCUT2D eigenvalue weighted by Crippen LogP contribution is 2.26. The molecule has 0 radical (unpaired) electrons. The molecule has 0 aliphatic heterocycles. The molecule has 0 aliphatic rings. The van der Waals surface area contributed by atoms with Crippen molar-refractivity contribution in [1.29, 1.82) is 0 Å². The predicted molar refractivity (Wildman–Crippen MR) is 129 cm³/mol. The van der Waals surface area contributed by atoms with Crippen LogP contribution >= 0.6 is 0 Å². The zero-order chi connectivity index (χ0) is 24.8. The van der Waals surface area contributed by atoms with Crippen LogP contribution in [0.1, 0.15) is 30.5 Å². The number of carboxylic acid groups (broad SMARTS) is 1. The minimum absolute atomic E-state index is 0.0187. The van der Waals surface area contributed by atoms with Crippen LogP contribution in [-0.4, -0.2) is 39.5 Å². The molecule has 0 aromatic heterocycles. The Labute approximate surface area is 194 Å². The Morgan fingerprint density at radius 2 is 1.42 bits per heavy atom. The molecule has 7 nitrogen and oxygen atoms in total. The lowest BCUT2D eigenvalue weighted by atomic mass is 10.0. The molecule has 3 aromatic rings. The number of aliphatic carboxylic acids is 1. The number of hydrogen-bond acceptors (Lipinski definition) is 6. The monoisotopic (exact) mass is 455 g/mol. The van der Waals surface area contributed by atoms with Crippen LogP contribution in [0.3, 0.4) is 0 Å². The number of ether oxygens (including phenoxy) is 1. The standard InChI is InChI=1S/C14H14O2.C10H13NO4.C2H6/c15-13-8-12(9-14(16)10-13)7-6-11-4-2-1-3-5-11;1-15-9-5-6(2-3-8(9)12)4-7(11)10(13)14;1-2/h1-5,8-10,15-16H,6-7H2;2-3,5,7,12H,4,11H2,1H3,(H,13,14);1-2H3. The van der Waals surface area contributed by atoms with Crippen LogP contribution in [0.4, 0.5) is 0 Å². The molecule has 178 valence electrons. The van der Waals surface area contributed by atoms with Crippen LogP contribution in [0, 0.1) is 0 Å². The van der Waals surface area contributed by atoms with Gasteiger partial charge in [-0.05, 0) is 60.2 Å². The fraction of sp³-hybridized carbons (Fsp3) is 0.269. The number of phenolic OH excluding ortho intramolecular Hbond substituents is 3. The number of carbonyl (C=O) groups is 1. The van der Waals surface area contributed by atoms with Gasteiger partial charge in [0, 0.05) is 6.07 Å². The Balaban J connectivity index is 0.000000308. The molecule has 0 saturated carbocycles. The molecule has 0 bridgehead atoms. The maximum absolute atomic E-state index is 10.5. The lowest BCUT2D eigenvalue weighted by molar-refractivity contribution is -0.138. The van der Waals surface area contributed by atoms with Gasteiger partial charge in [-0.25, -0.2) is 0 Å². The summed E-state index contributed by atoms with van der Waals surface area (Å²) >= 11 is 0. The van der Waals surface area contributed by atoms with Crippen molar-refractivity contribution < 1.29 is 30.0 Å². The molecule has 33 heavy (non-hydrogen) atoms. The van der Waals surface area contributed by atoms with Gasteiger partial charge < -0.3 is 30.9 Å². The molecule has 1 atom stereocenters. The number of phenols is 3. The van der Waals surface area contributed by atoms with Gasteiger partial charge in [-0.15, -0.1) is 0 Å². The van der Waals surface area contributed by atoms with Crippen molar-refractivity contribution >= 4 is 5.97 Å². The van der Waals surface area contributed by atoms with Gasteiger partial charge in [0.1, 0.15) is 17.5 Å². The summed E-state index contributed by atoms with van der Waals surface area (Å²) < 4.78 is 4.89. The number of rotatable bonds is 7. The first-order valence-electron chi connectivity index (χ1n) is 10.7. The minimum Gasteiger partial charge on any atom is -0.508 e. The van der Waals surface area contributed by atoms with Crippen molar-refractivity contribution in [3.8, 4) is 23.0 Å². The van der Waals surface area contributed by atoms with E-state index in [-0.39, 0.29) is 23.7 Å². The van der Waals surface area contributed by atoms with Crippen LogP contribution in [-0.2, 0) is 24.1 Å². The zero-order valence-electron chi connectivity index (χ0n) is 19.2. The maximum Gasteiger partial charge on any atom is 0.320 e. The Hall–Kier alpha value is -3.71. The number of nitrogens with two attached hydrogens (primary N) is 1. The number of aromatic hydroxyl groups is 3. The van der Waals surface area contributed by atoms with Crippen molar-refractivity contribution in [2.45, 2.75) is 39.2 Å². The first kappa shape index (κ1) is 27.3. The van der Waals surface area contributed by atoms with Crippen molar-refractivity contribution in [2.24, 2.45) is 5.73 Å². The second-order valence-electron chi connectivity index (χ2n) is 7.00. The van der Waals surface area contributed by atoms with E-state index < -0.39 is 12.0 Å². The van der Waals surface area contributed by atoms with E-state index in [1.807, 2.05) is 32.0 Å². The molecule has 0 aliphatic carbocycles. The zero-order valence-corrected chi connectivity index (χ0v) is 19.2. The highest BCUT2D eigenvalue weighted by Gasteiger charge is 2.13. The second kappa shape index (κ2) is 14.4. The van der Waals surface area contributed by atoms with Crippen LogP contribution in [0.5, 0.6) is 23.0 Å². The third kappa shape index (κ3) is 9.97. The SMILES string of the molecule is CC.COc1cc(CC(N)C(=O)O)ccc1O.Oc1cc(O)cc(CCc2ccccc2)c1. The van der Waals surface area contributed by atoms with Crippen molar-refractivity contribution in [2.75, 3.05) is 7.11 Å². The lowest BCUT2D eigenvalue weighted by Crippen LogP contribution is -2.32. The third-order valence-corrected chi connectivity index (χ3v) is 4.52. The molecule has 1 unspecified atom stereocenters. The number of hydrogen-bond donors (Lipinski definition) is 5. The minimum atomic E-state index is -1.05. The molecule has 3 rings (SSSR count). The molecule has 3 aromatic carbocycles. The highest BCUT2D eigenvalue weighted by atomic mass is 16.5. The van der Waals surface area contributed by atoms with Crippen molar-refractivity contribution in [3.63, 3.8) is 0 Å². The molecular formula is C26H33NO6. The third-order valence-electron chi connectivity index (χ3n) is 4.52. The van der Waals surface area contributed by atoms with Gasteiger partial charge in [-0.1, -0.05) is 50.2 Å². The van der Waals surface area contributed by atoms with E-state index in [1.165, 1.54) is 24.8 Å². The number of benzene rings is 3. The van der Waals surface area contributed by atoms with E-state index >= 15 is 0 Å². The Morgan fingerprint density at radius 1 is 0.848 bits per heavy atom. The van der Waals surface area contributed by atoms with E-state index in [1.54, 1.807) is 24.3 Å². The molecule has 0 heterocycles. The summed E-state index contributed by atoms with van der Waals surface area (Å²) in [5.74, 6) is -0.497. The first-order valence-corrected chi connectivity index (χ1v) is 10.7. The van der Waals surface area contributed by atoms with E-state index in [2.05, 4.69) is 12.1 Å². The summed E-state index contributed by atoms with van der Waals surface area (Å²) in [6.07, 6.45) is 1.92. The van der Waals surface area contributed by atoms with Crippen LogP contribution in [0.15, 0.2) is 66.7 Å². The van der Waals surface area contributed by atoms with Gasteiger partial charge >= 0.3 is 5.97 Å². The molecule has 0 spiro atoms. The van der Waals surface area contributed by atoms with E-state index in [0.29, 0.717) is 11.3 Å². The quantitative estimate of drug-likeness (QED) is 0.359. The molecule has 6 N–H and O–H groups in total. The van der Waals surface area contributed by atoms with Gasteiger partial charge in [0.15, 0.2) is 11.5 Å². The van der Waals surface area contributed by atoms with E-state index in [4.69, 9.17) is 15.6 Å². The van der Waals surface area contributed by atoms with E-state index in [9.17, 15) is 20.1 Å². The van der Waals surface area contributed by atoms with Crippen molar-refractivity contribution in [1.82, 2.24) is 0 Å².